The second-order valence-electron chi connectivity index (χ2n) is 9.01. The number of aromatic nitrogens is 1. The van der Waals surface area contributed by atoms with E-state index in [1.54, 1.807) is 4.90 Å². The predicted molar refractivity (Wildman–Crippen MR) is 115 cm³/mol. The maximum Gasteiger partial charge on any atom is 0.245 e. The van der Waals surface area contributed by atoms with Crippen molar-refractivity contribution < 1.29 is 14.4 Å². The lowest BCUT2D eigenvalue weighted by molar-refractivity contribution is -0.154. The Morgan fingerprint density at radius 2 is 2.00 bits per heavy atom. The molecule has 0 spiro atoms. The van der Waals surface area contributed by atoms with Crippen LogP contribution < -0.4 is 5.32 Å². The number of hydrogen-bond donors (Lipinski definition) is 2. The van der Waals surface area contributed by atoms with Gasteiger partial charge in [-0.2, -0.15) is 0 Å². The normalized spacial score (nSPS) is 23.9. The van der Waals surface area contributed by atoms with Crippen LogP contribution in [0.4, 0.5) is 0 Å². The first-order chi connectivity index (χ1) is 14.3. The van der Waals surface area contributed by atoms with Crippen LogP contribution in [-0.2, 0) is 20.8 Å². The maximum atomic E-state index is 13.4. The van der Waals surface area contributed by atoms with Gasteiger partial charge in [0.1, 0.15) is 6.04 Å². The highest BCUT2D eigenvalue weighted by molar-refractivity contribution is 5.93. The Morgan fingerprint density at radius 1 is 1.23 bits per heavy atom. The summed E-state index contributed by atoms with van der Waals surface area (Å²) in [5.74, 6) is 0.215. The topological polar surface area (TPSA) is 85.5 Å². The second kappa shape index (κ2) is 8.13. The number of carbonyl (C=O) groups excluding carboxylic acids is 3. The van der Waals surface area contributed by atoms with Gasteiger partial charge in [-0.05, 0) is 30.4 Å². The van der Waals surface area contributed by atoms with Crippen LogP contribution in [0.25, 0.3) is 10.9 Å². The van der Waals surface area contributed by atoms with E-state index in [0.29, 0.717) is 31.8 Å². The van der Waals surface area contributed by atoms with E-state index in [9.17, 15) is 14.4 Å². The van der Waals surface area contributed by atoms with Crippen molar-refractivity contribution in [1.82, 2.24) is 20.1 Å². The summed E-state index contributed by atoms with van der Waals surface area (Å²) in [7, 11) is 0. The van der Waals surface area contributed by atoms with E-state index in [-0.39, 0.29) is 36.2 Å². The Balaban J connectivity index is 1.56. The van der Waals surface area contributed by atoms with Gasteiger partial charge in [-0.3, -0.25) is 14.4 Å². The van der Waals surface area contributed by atoms with Crippen molar-refractivity contribution in [1.29, 1.82) is 0 Å². The zero-order valence-corrected chi connectivity index (χ0v) is 17.9. The number of aromatic amines is 1. The van der Waals surface area contributed by atoms with Crippen LogP contribution >= 0.6 is 0 Å². The molecule has 2 aliphatic heterocycles. The van der Waals surface area contributed by atoms with Gasteiger partial charge >= 0.3 is 0 Å². The largest absolute Gasteiger partial charge is 0.361 e. The fraction of sp³-hybridized carbons (Fsp3) is 0.522. The first-order valence-electron chi connectivity index (χ1n) is 10.8. The molecular formula is C23H30N4O3. The number of nitrogens with one attached hydrogen (secondary N) is 2. The lowest BCUT2D eigenvalue weighted by Crippen LogP contribution is -2.61. The number of para-hydroxylation sites is 1. The fourth-order valence-corrected chi connectivity index (χ4v) is 4.92. The predicted octanol–water partition coefficient (Wildman–Crippen LogP) is 2.07. The van der Waals surface area contributed by atoms with Gasteiger partial charge in [-0.15, -0.1) is 0 Å². The number of H-pyrrole nitrogens is 1. The summed E-state index contributed by atoms with van der Waals surface area (Å²) in [6.07, 6.45) is 3.50. The van der Waals surface area contributed by atoms with Gasteiger partial charge in [0.05, 0.1) is 12.5 Å². The van der Waals surface area contributed by atoms with Gasteiger partial charge in [0, 0.05) is 43.2 Å². The van der Waals surface area contributed by atoms with Crippen molar-refractivity contribution >= 4 is 28.6 Å². The van der Waals surface area contributed by atoms with Crippen LogP contribution in [0.5, 0.6) is 0 Å². The molecule has 160 valence electrons. The molecule has 2 aromatic rings. The molecule has 3 heterocycles. The minimum absolute atomic E-state index is 0.0126. The van der Waals surface area contributed by atoms with E-state index >= 15 is 0 Å². The Morgan fingerprint density at radius 3 is 2.73 bits per heavy atom. The summed E-state index contributed by atoms with van der Waals surface area (Å²) in [6.45, 7) is 6.71. The van der Waals surface area contributed by atoms with E-state index in [2.05, 4.69) is 24.1 Å². The molecule has 3 amide bonds. The number of rotatable bonds is 5. The quantitative estimate of drug-likeness (QED) is 0.791. The summed E-state index contributed by atoms with van der Waals surface area (Å²) < 4.78 is 0. The molecule has 4 rings (SSSR count). The highest BCUT2D eigenvalue weighted by Gasteiger charge is 2.46. The van der Waals surface area contributed by atoms with Crippen LogP contribution in [0.2, 0.25) is 0 Å². The standard InChI is InChI=1S/C23H30N4O3/c1-14(2)8-21-23(30)26-12-17(25-15(3)28)10-18(26)13-27(21)22(29)9-16-11-24-20-7-5-4-6-19(16)20/h4-7,11,14,17-18,21,24H,8-10,12-13H2,1-3H3,(H,25,28)/t17-,18-,21-/m0/s1. The highest BCUT2D eigenvalue weighted by Crippen LogP contribution is 2.30. The zero-order chi connectivity index (χ0) is 21.4. The fourth-order valence-electron chi connectivity index (χ4n) is 4.92. The van der Waals surface area contributed by atoms with Crippen molar-refractivity contribution in [2.75, 3.05) is 13.1 Å². The number of piperazine rings is 1. The molecule has 0 bridgehead atoms. The summed E-state index contributed by atoms with van der Waals surface area (Å²) >= 11 is 0. The van der Waals surface area contributed by atoms with Crippen molar-refractivity contribution in [3.63, 3.8) is 0 Å². The molecule has 2 N–H and O–H groups in total. The van der Waals surface area contributed by atoms with E-state index in [0.717, 1.165) is 16.5 Å². The van der Waals surface area contributed by atoms with Crippen molar-refractivity contribution in [2.24, 2.45) is 5.92 Å². The van der Waals surface area contributed by atoms with Gasteiger partial charge in [-0.1, -0.05) is 32.0 Å². The third-order valence-corrected chi connectivity index (χ3v) is 6.21. The molecule has 7 heteroatoms. The van der Waals surface area contributed by atoms with Gasteiger partial charge in [0.15, 0.2) is 0 Å². The van der Waals surface area contributed by atoms with Crippen LogP contribution in [0, 0.1) is 5.92 Å². The molecule has 3 atom stereocenters. The van der Waals surface area contributed by atoms with Crippen molar-refractivity contribution in [3.05, 3.63) is 36.0 Å². The smallest absolute Gasteiger partial charge is 0.245 e. The number of fused-ring (bicyclic) bond motifs is 2. The maximum absolute atomic E-state index is 13.4. The lowest BCUT2D eigenvalue weighted by Gasteiger charge is -2.43. The van der Waals surface area contributed by atoms with Crippen molar-refractivity contribution in [3.8, 4) is 0 Å². The van der Waals surface area contributed by atoms with Gasteiger partial charge in [0.25, 0.3) is 0 Å². The number of nitrogens with zero attached hydrogens (tertiary/aromatic N) is 2. The number of hydrogen-bond acceptors (Lipinski definition) is 3. The summed E-state index contributed by atoms with van der Waals surface area (Å²) in [4.78, 5) is 45.0. The third kappa shape index (κ3) is 3.93. The molecule has 0 aliphatic carbocycles. The Kier molecular flexibility index (Phi) is 5.54. The van der Waals surface area contributed by atoms with Crippen LogP contribution in [-0.4, -0.2) is 63.7 Å². The van der Waals surface area contributed by atoms with Gasteiger partial charge in [0.2, 0.25) is 17.7 Å². The number of carbonyl (C=O) groups is 3. The summed E-state index contributed by atoms with van der Waals surface area (Å²) in [6, 6.07) is 7.42. The van der Waals surface area contributed by atoms with E-state index in [4.69, 9.17) is 0 Å². The van der Waals surface area contributed by atoms with Gasteiger partial charge in [-0.25, -0.2) is 0 Å². The molecule has 0 unspecified atom stereocenters. The molecule has 0 radical (unpaired) electrons. The Hall–Kier alpha value is -2.83. The van der Waals surface area contributed by atoms with E-state index in [1.807, 2.05) is 35.4 Å². The molecule has 0 saturated carbocycles. The van der Waals surface area contributed by atoms with Crippen LogP contribution in [0.15, 0.2) is 30.5 Å². The Labute approximate surface area is 176 Å². The number of amides is 3. The summed E-state index contributed by atoms with van der Waals surface area (Å²) in [5, 5.41) is 3.98. The molecule has 2 saturated heterocycles. The average molecular weight is 411 g/mol. The zero-order valence-electron chi connectivity index (χ0n) is 17.9. The number of benzene rings is 1. The Bertz CT molecular complexity index is 966. The molecule has 1 aromatic heterocycles. The molecule has 30 heavy (non-hydrogen) atoms. The monoisotopic (exact) mass is 410 g/mol. The second-order valence-corrected chi connectivity index (χ2v) is 9.01. The molecular weight excluding hydrogens is 380 g/mol. The van der Waals surface area contributed by atoms with Crippen LogP contribution in [0.3, 0.4) is 0 Å². The molecule has 7 nitrogen and oxygen atoms in total. The van der Waals surface area contributed by atoms with E-state index < -0.39 is 6.04 Å². The molecule has 1 aromatic carbocycles. The SMILES string of the molecule is CC(=O)N[C@H]1C[C@H]2CN(C(=O)Cc3c[nH]c4ccccc34)[C@@H](CC(C)C)C(=O)N2C1. The molecule has 2 aliphatic rings. The van der Waals surface area contributed by atoms with Gasteiger partial charge < -0.3 is 20.1 Å². The minimum Gasteiger partial charge on any atom is -0.361 e. The van der Waals surface area contributed by atoms with E-state index in [1.165, 1.54) is 6.92 Å². The first kappa shape index (κ1) is 20.4. The molecule has 2 fully saturated rings. The summed E-state index contributed by atoms with van der Waals surface area (Å²) in [5.41, 5.74) is 1.96. The third-order valence-electron chi connectivity index (χ3n) is 6.21. The van der Waals surface area contributed by atoms with Crippen molar-refractivity contribution in [2.45, 2.75) is 58.2 Å². The first-order valence-corrected chi connectivity index (χ1v) is 10.8. The minimum atomic E-state index is -0.435. The lowest BCUT2D eigenvalue weighted by atomic mass is 9.96. The highest BCUT2D eigenvalue weighted by atomic mass is 16.2. The van der Waals surface area contributed by atoms with Crippen LogP contribution in [0.1, 0.15) is 39.2 Å². The average Bonchev–Trinajstić information content (AvgIpc) is 3.27.